The van der Waals surface area contributed by atoms with Crippen LogP contribution < -0.4 is 10.1 Å². The lowest BCUT2D eigenvalue weighted by Gasteiger charge is -2.14. The number of benzene rings is 2. The zero-order valence-electron chi connectivity index (χ0n) is 14.6. The van der Waals surface area contributed by atoms with Crippen LogP contribution in [0.3, 0.4) is 0 Å². The van der Waals surface area contributed by atoms with E-state index in [0.29, 0.717) is 17.0 Å². The molecule has 2 aromatic carbocycles. The first-order valence-electron chi connectivity index (χ1n) is 7.94. The highest BCUT2D eigenvalue weighted by Gasteiger charge is 2.14. The molecule has 0 saturated heterocycles. The monoisotopic (exact) mass is 369 g/mol. The molecule has 2 rings (SSSR count). The number of carbonyl (C=O) groups is 1. The lowest BCUT2D eigenvalue weighted by molar-refractivity contribution is -0.385. The Labute approximate surface area is 154 Å². The van der Waals surface area contributed by atoms with E-state index < -0.39 is 22.3 Å². The lowest BCUT2D eigenvalue weighted by atomic mass is 10.1. The molecule has 1 amide bonds. The minimum absolute atomic E-state index is 0.0842. The number of halogens is 1. The van der Waals surface area contributed by atoms with Gasteiger partial charge in [0.05, 0.1) is 40.0 Å². The van der Waals surface area contributed by atoms with E-state index in [4.69, 9.17) is 10.00 Å². The second-order valence-corrected chi connectivity index (χ2v) is 5.77. The normalized spacial score (nSPS) is 10.6. The highest BCUT2D eigenvalue weighted by atomic mass is 19.1. The Morgan fingerprint density at radius 2 is 2.07 bits per heavy atom. The lowest BCUT2D eigenvalue weighted by Crippen LogP contribution is -2.12. The van der Waals surface area contributed by atoms with Gasteiger partial charge in [0.2, 0.25) is 5.91 Å². The maximum absolute atomic E-state index is 13.2. The summed E-state index contributed by atoms with van der Waals surface area (Å²) in [7, 11) is 0. The highest BCUT2D eigenvalue weighted by molar-refractivity contribution is 6.03. The Morgan fingerprint density at radius 1 is 1.33 bits per heavy atom. The maximum Gasteiger partial charge on any atom is 0.279 e. The van der Waals surface area contributed by atoms with E-state index in [2.05, 4.69) is 5.32 Å². The van der Waals surface area contributed by atoms with Crippen LogP contribution in [0.4, 0.5) is 15.8 Å². The number of rotatable bonds is 6. The van der Waals surface area contributed by atoms with Crippen LogP contribution in [0.5, 0.6) is 5.75 Å². The van der Waals surface area contributed by atoms with Gasteiger partial charge >= 0.3 is 0 Å². The van der Waals surface area contributed by atoms with Gasteiger partial charge in [-0.3, -0.25) is 14.9 Å². The van der Waals surface area contributed by atoms with Crippen molar-refractivity contribution in [2.45, 2.75) is 20.0 Å². The molecule has 0 radical (unpaired) electrons. The molecule has 0 saturated carbocycles. The molecule has 7 nitrogen and oxygen atoms in total. The van der Waals surface area contributed by atoms with E-state index in [9.17, 15) is 19.3 Å². The molecule has 0 aromatic heterocycles. The summed E-state index contributed by atoms with van der Waals surface area (Å²) in [6.07, 6.45) is 2.15. The van der Waals surface area contributed by atoms with Crippen LogP contribution in [0, 0.1) is 27.3 Å². The number of carbonyl (C=O) groups excluding carboxylic acids is 1. The molecule has 0 fully saturated rings. The van der Waals surface area contributed by atoms with Gasteiger partial charge in [-0.25, -0.2) is 4.39 Å². The number of nitro groups is 1. The van der Waals surface area contributed by atoms with Crippen molar-refractivity contribution in [2.24, 2.45) is 0 Å². The van der Waals surface area contributed by atoms with Gasteiger partial charge in [0.15, 0.2) is 0 Å². The van der Waals surface area contributed by atoms with Crippen molar-refractivity contribution in [2.75, 3.05) is 5.32 Å². The van der Waals surface area contributed by atoms with E-state index in [-0.39, 0.29) is 11.7 Å². The minimum Gasteiger partial charge on any atom is -0.489 e. The van der Waals surface area contributed by atoms with E-state index in [1.165, 1.54) is 18.2 Å². The molecule has 0 aliphatic carbocycles. The Morgan fingerprint density at radius 3 is 2.70 bits per heavy atom. The van der Waals surface area contributed by atoms with E-state index in [1.54, 1.807) is 12.1 Å². The smallest absolute Gasteiger partial charge is 0.279 e. The summed E-state index contributed by atoms with van der Waals surface area (Å²) in [6, 6.07) is 9.62. The van der Waals surface area contributed by atoms with Crippen LogP contribution in [0.2, 0.25) is 0 Å². The number of anilines is 1. The predicted octanol–water partition coefficient (Wildman–Crippen LogP) is 4.04. The summed E-state index contributed by atoms with van der Waals surface area (Å²) in [4.78, 5) is 22.4. The number of nitrogens with one attached hydrogen (secondary N) is 1. The fourth-order valence-corrected chi connectivity index (χ4v) is 2.21. The zero-order valence-corrected chi connectivity index (χ0v) is 14.6. The molecule has 0 heterocycles. The number of nitrogens with zero attached hydrogens (tertiary/aromatic N) is 2. The third kappa shape index (κ3) is 5.37. The van der Waals surface area contributed by atoms with Crippen molar-refractivity contribution in [3.05, 3.63) is 69.5 Å². The van der Waals surface area contributed by atoms with Crippen molar-refractivity contribution in [1.82, 2.24) is 0 Å². The molecule has 0 aliphatic heterocycles. The maximum atomic E-state index is 13.2. The van der Waals surface area contributed by atoms with Crippen LogP contribution >= 0.6 is 0 Å². The SMILES string of the molecule is CC(C)Oc1ccc(C#N)cc1NC(=O)C=Cc1ccc(F)cc1[N+](=O)[O-]. The summed E-state index contributed by atoms with van der Waals surface area (Å²) in [5.74, 6) is -0.942. The standard InChI is InChI=1S/C19H16FN3O4/c1-12(2)27-18-7-3-13(11-21)9-16(18)22-19(24)8-5-14-4-6-15(20)10-17(14)23(25)26/h3-10,12H,1-2H3,(H,22,24). The molecule has 2 aromatic rings. The summed E-state index contributed by atoms with van der Waals surface area (Å²) in [6.45, 7) is 3.63. The molecular weight excluding hydrogens is 353 g/mol. The van der Waals surface area contributed by atoms with Crippen molar-refractivity contribution in [3.8, 4) is 11.8 Å². The number of nitro benzene ring substituents is 1. The fraction of sp³-hybridized carbons (Fsp3) is 0.158. The third-order valence-electron chi connectivity index (χ3n) is 3.33. The van der Waals surface area contributed by atoms with Crippen molar-refractivity contribution in [1.29, 1.82) is 5.26 Å². The second kappa shape index (κ2) is 8.58. The molecule has 8 heteroatoms. The first-order valence-corrected chi connectivity index (χ1v) is 7.94. The van der Waals surface area contributed by atoms with Gasteiger partial charge in [-0.15, -0.1) is 0 Å². The first kappa shape index (κ1) is 19.6. The molecule has 0 aliphatic rings. The van der Waals surface area contributed by atoms with Crippen LogP contribution in [0.25, 0.3) is 6.08 Å². The molecule has 0 unspecified atom stereocenters. The van der Waals surface area contributed by atoms with Crippen LogP contribution in [-0.2, 0) is 4.79 Å². The van der Waals surface area contributed by atoms with Gasteiger partial charge < -0.3 is 10.1 Å². The van der Waals surface area contributed by atoms with Gasteiger partial charge in [0.1, 0.15) is 11.6 Å². The quantitative estimate of drug-likeness (QED) is 0.470. The van der Waals surface area contributed by atoms with Gasteiger partial charge in [-0.05, 0) is 50.3 Å². The van der Waals surface area contributed by atoms with Crippen molar-refractivity contribution >= 4 is 23.4 Å². The zero-order chi connectivity index (χ0) is 20.0. The average molecular weight is 369 g/mol. The molecule has 0 spiro atoms. The summed E-state index contributed by atoms with van der Waals surface area (Å²) >= 11 is 0. The summed E-state index contributed by atoms with van der Waals surface area (Å²) in [5.41, 5.74) is 0.265. The Kier molecular flexibility index (Phi) is 6.23. The van der Waals surface area contributed by atoms with Crippen LogP contribution in [0.1, 0.15) is 25.0 Å². The van der Waals surface area contributed by atoms with Gasteiger partial charge in [-0.2, -0.15) is 5.26 Å². The predicted molar refractivity (Wildman–Crippen MR) is 97.6 cm³/mol. The average Bonchev–Trinajstić information content (AvgIpc) is 2.61. The molecule has 1 N–H and O–H groups in total. The molecule has 0 bridgehead atoms. The molecule has 138 valence electrons. The third-order valence-corrected chi connectivity index (χ3v) is 3.33. The van der Waals surface area contributed by atoms with Crippen molar-refractivity contribution < 1.29 is 18.8 Å². The Hall–Kier alpha value is -3.73. The molecule has 27 heavy (non-hydrogen) atoms. The van der Waals surface area contributed by atoms with Crippen LogP contribution in [-0.4, -0.2) is 16.9 Å². The fourth-order valence-electron chi connectivity index (χ4n) is 2.21. The van der Waals surface area contributed by atoms with Gasteiger partial charge in [-0.1, -0.05) is 0 Å². The summed E-state index contributed by atoms with van der Waals surface area (Å²) < 4.78 is 18.8. The summed E-state index contributed by atoms with van der Waals surface area (Å²) in [5, 5.41) is 22.6. The van der Waals surface area contributed by atoms with Gasteiger partial charge in [0, 0.05) is 6.08 Å². The minimum atomic E-state index is -0.743. The number of hydrogen-bond acceptors (Lipinski definition) is 5. The number of ether oxygens (including phenoxy) is 1. The van der Waals surface area contributed by atoms with Gasteiger partial charge in [0.25, 0.3) is 5.69 Å². The number of hydrogen-bond donors (Lipinski definition) is 1. The topological polar surface area (TPSA) is 105 Å². The Bertz CT molecular complexity index is 948. The number of nitriles is 1. The van der Waals surface area contributed by atoms with E-state index in [0.717, 1.165) is 18.2 Å². The Balaban J connectivity index is 2.25. The largest absolute Gasteiger partial charge is 0.489 e. The van der Waals surface area contributed by atoms with Crippen LogP contribution in [0.15, 0.2) is 42.5 Å². The molecular formula is C19H16FN3O4. The van der Waals surface area contributed by atoms with E-state index >= 15 is 0 Å². The van der Waals surface area contributed by atoms with E-state index in [1.807, 2.05) is 19.9 Å². The van der Waals surface area contributed by atoms with Crippen molar-refractivity contribution in [3.63, 3.8) is 0 Å². The highest BCUT2D eigenvalue weighted by Crippen LogP contribution is 2.27. The second-order valence-electron chi connectivity index (χ2n) is 5.77. The molecule has 0 atom stereocenters. The first-order chi connectivity index (χ1) is 12.8. The number of amides is 1.